The van der Waals surface area contributed by atoms with Crippen LogP contribution in [0.15, 0.2) is 53.5 Å². The highest BCUT2D eigenvalue weighted by Gasteiger charge is 2.19. The van der Waals surface area contributed by atoms with Gasteiger partial charge in [0.2, 0.25) is 0 Å². The number of hydrogen-bond donors (Lipinski definition) is 1. The Bertz CT molecular complexity index is 1180. The third kappa shape index (κ3) is 4.16. The minimum absolute atomic E-state index is 0.238. The molecule has 2 aromatic heterocycles. The number of aromatic hydroxyl groups is 1. The number of aromatic nitrogens is 2. The Morgan fingerprint density at radius 2 is 2.03 bits per heavy atom. The average Bonchev–Trinajstić information content (AvgIpc) is 2.75. The van der Waals surface area contributed by atoms with Gasteiger partial charge < -0.3 is 14.6 Å². The first-order chi connectivity index (χ1) is 13.9. The van der Waals surface area contributed by atoms with E-state index < -0.39 is 23.1 Å². The Labute approximate surface area is 165 Å². The molecule has 8 nitrogen and oxygen atoms in total. The van der Waals surface area contributed by atoms with E-state index in [0.29, 0.717) is 16.7 Å². The van der Waals surface area contributed by atoms with Crippen LogP contribution < -0.4 is 10.3 Å². The van der Waals surface area contributed by atoms with Crippen LogP contribution in [0.1, 0.15) is 15.9 Å². The van der Waals surface area contributed by atoms with Gasteiger partial charge in [0.25, 0.3) is 5.56 Å². The summed E-state index contributed by atoms with van der Waals surface area (Å²) < 4.78 is 11.0. The van der Waals surface area contributed by atoms with Crippen LogP contribution in [-0.2, 0) is 16.6 Å². The molecule has 0 amide bonds. The first-order valence-electron chi connectivity index (χ1n) is 8.61. The maximum absolute atomic E-state index is 12.6. The molecule has 0 aliphatic heterocycles. The lowest BCUT2D eigenvalue weighted by Crippen LogP contribution is -2.24. The van der Waals surface area contributed by atoms with Crippen LogP contribution in [-0.4, -0.2) is 40.1 Å². The zero-order valence-corrected chi connectivity index (χ0v) is 15.8. The summed E-state index contributed by atoms with van der Waals surface area (Å²) in [6.45, 7) is -0.238. The van der Waals surface area contributed by atoms with Crippen molar-refractivity contribution in [1.82, 2.24) is 9.55 Å². The maximum Gasteiger partial charge on any atom is 0.343 e. The predicted octanol–water partition coefficient (Wildman–Crippen LogP) is 2.09. The topological polar surface area (TPSA) is 108 Å². The normalized spacial score (nSPS) is 11.0. The molecule has 0 aliphatic carbocycles. The number of carbonyl (C=O) groups excluding carboxylic acids is 2. The highest BCUT2D eigenvalue weighted by Crippen LogP contribution is 2.25. The lowest BCUT2D eigenvalue weighted by atomic mass is 10.1. The first kappa shape index (κ1) is 19.8. The summed E-state index contributed by atoms with van der Waals surface area (Å²) in [6, 6.07) is 9.87. The molecule has 0 saturated carbocycles. The van der Waals surface area contributed by atoms with Crippen LogP contribution in [0.4, 0.5) is 0 Å². The van der Waals surface area contributed by atoms with Gasteiger partial charge in [-0.25, -0.2) is 9.78 Å². The minimum atomic E-state index is -0.644. The van der Waals surface area contributed by atoms with E-state index in [0.717, 1.165) is 0 Å². The standard InChI is InChI=1S/C21H18N2O6/c1-23-20-15(7-4-10-22-20)19(26)18(21(23)27)16(24)9-8-13-5-3-6-14(11-13)29-12-17(25)28-2/h3-11,26H,12H2,1-2H3. The zero-order chi connectivity index (χ0) is 21.0. The average molecular weight is 394 g/mol. The van der Waals surface area contributed by atoms with Gasteiger partial charge in [0.15, 0.2) is 12.4 Å². The number of hydrogen-bond acceptors (Lipinski definition) is 7. The van der Waals surface area contributed by atoms with E-state index in [1.54, 1.807) is 36.4 Å². The smallest absolute Gasteiger partial charge is 0.343 e. The van der Waals surface area contributed by atoms with Gasteiger partial charge in [-0.05, 0) is 35.9 Å². The number of nitrogens with zero attached hydrogens (tertiary/aromatic N) is 2. The van der Waals surface area contributed by atoms with Gasteiger partial charge in [-0.3, -0.25) is 14.2 Å². The molecule has 0 atom stereocenters. The molecule has 148 valence electrons. The number of methoxy groups -OCH3 is 1. The summed E-state index contributed by atoms with van der Waals surface area (Å²) in [5.41, 5.74) is -0.0775. The van der Waals surface area contributed by atoms with Crippen molar-refractivity contribution in [1.29, 1.82) is 0 Å². The Morgan fingerprint density at radius 1 is 1.24 bits per heavy atom. The lowest BCUT2D eigenvalue weighted by molar-refractivity contribution is -0.142. The van der Waals surface area contributed by atoms with E-state index >= 15 is 0 Å². The molecule has 0 fully saturated rings. The summed E-state index contributed by atoms with van der Waals surface area (Å²) in [5, 5.41) is 10.7. The van der Waals surface area contributed by atoms with Gasteiger partial charge in [-0.15, -0.1) is 0 Å². The number of ether oxygens (including phenoxy) is 2. The van der Waals surface area contributed by atoms with Gasteiger partial charge in [0, 0.05) is 13.2 Å². The van der Waals surface area contributed by atoms with E-state index in [9.17, 15) is 19.5 Å². The van der Waals surface area contributed by atoms with E-state index in [4.69, 9.17) is 4.74 Å². The number of benzene rings is 1. The second kappa shape index (κ2) is 8.39. The van der Waals surface area contributed by atoms with Crippen LogP contribution in [0.5, 0.6) is 11.5 Å². The minimum Gasteiger partial charge on any atom is -0.506 e. The molecule has 0 saturated heterocycles. The Kier molecular flexibility index (Phi) is 5.73. The molecule has 0 aliphatic rings. The van der Waals surface area contributed by atoms with Crippen LogP contribution >= 0.6 is 0 Å². The molecule has 0 bridgehead atoms. The quantitative estimate of drug-likeness (QED) is 0.387. The van der Waals surface area contributed by atoms with E-state index in [1.807, 2.05) is 0 Å². The van der Waals surface area contributed by atoms with E-state index in [2.05, 4.69) is 9.72 Å². The molecular weight excluding hydrogens is 376 g/mol. The predicted molar refractivity (Wildman–Crippen MR) is 106 cm³/mol. The molecule has 1 aromatic carbocycles. The van der Waals surface area contributed by atoms with E-state index in [1.165, 1.54) is 37.1 Å². The molecular formula is C21H18N2O6. The molecule has 3 aromatic rings. The summed E-state index contributed by atoms with van der Waals surface area (Å²) in [4.78, 5) is 40.4. The Morgan fingerprint density at radius 3 is 2.79 bits per heavy atom. The summed E-state index contributed by atoms with van der Waals surface area (Å²) in [6.07, 6.45) is 4.18. The number of rotatable bonds is 6. The van der Waals surface area contributed by atoms with Crippen molar-refractivity contribution in [2.45, 2.75) is 0 Å². The van der Waals surface area contributed by atoms with Crippen molar-refractivity contribution in [3.8, 4) is 11.5 Å². The number of carbonyl (C=O) groups is 2. The van der Waals surface area contributed by atoms with E-state index in [-0.39, 0.29) is 17.8 Å². The number of esters is 1. The van der Waals surface area contributed by atoms with Gasteiger partial charge in [0.05, 0.1) is 12.5 Å². The fourth-order valence-electron chi connectivity index (χ4n) is 2.74. The van der Waals surface area contributed by atoms with Crippen molar-refractivity contribution in [2.24, 2.45) is 7.05 Å². The van der Waals surface area contributed by atoms with Gasteiger partial charge in [-0.1, -0.05) is 18.2 Å². The molecule has 2 heterocycles. The summed E-state index contributed by atoms with van der Waals surface area (Å²) >= 11 is 0. The number of fused-ring (bicyclic) bond motifs is 1. The van der Waals surface area contributed by atoms with Crippen molar-refractivity contribution < 1.29 is 24.2 Å². The molecule has 0 radical (unpaired) electrons. The molecule has 3 rings (SSSR count). The molecule has 29 heavy (non-hydrogen) atoms. The Balaban J connectivity index is 1.88. The first-order valence-corrected chi connectivity index (χ1v) is 8.61. The number of allylic oxidation sites excluding steroid dienone is 1. The van der Waals surface area contributed by atoms with Crippen LogP contribution in [0.25, 0.3) is 17.1 Å². The summed E-state index contributed by atoms with van der Waals surface area (Å²) in [7, 11) is 2.75. The van der Waals surface area contributed by atoms with Crippen LogP contribution in [0.3, 0.4) is 0 Å². The molecule has 1 N–H and O–H groups in total. The monoisotopic (exact) mass is 394 g/mol. The van der Waals surface area contributed by atoms with Gasteiger partial charge in [0.1, 0.15) is 22.7 Å². The highest BCUT2D eigenvalue weighted by molar-refractivity contribution is 6.10. The lowest BCUT2D eigenvalue weighted by Gasteiger charge is -2.09. The van der Waals surface area contributed by atoms with Crippen molar-refractivity contribution in [2.75, 3.05) is 13.7 Å². The third-order valence-corrected chi connectivity index (χ3v) is 4.23. The van der Waals surface area contributed by atoms with Crippen LogP contribution in [0, 0.1) is 0 Å². The SMILES string of the molecule is COC(=O)COc1cccc(C=CC(=O)c2c(O)c3cccnc3n(C)c2=O)c1. The van der Waals surface area contributed by atoms with Crippen LogP contribution in [0.2, 0.25) is 0 Å². The molecule has 8 heteroatoms. The number of aryl methyl sites for hydroxylation is 1. The summed E-state index contributed by atoms with van der Waals surface area (Å²) in [5.74, 6) is -1.14. The number of pyridine rings is 2. The van der Waals surface area contributed by atoms with Crippen molar-refractivity contribution in [3.05, 3.63) is 70.2 Å². The van der Waals surface area contributed by atoms with Gasteiger partial charge in [-0.2, -0.15) is 0 Å². The largest absolute Gasteiger partial charge is 0.506 e. The second-order valence-corrected chi connectivity index (χ2v) is 6.10. The highest BCUT2D eigenvalue weighted by atomic mass is 16.6. The van der Waals surface area contributed by atoms with Crippen molar-refractivity contribution in [3.63, 3.8) is 0 Å². The second-order valence-electron chi connectivity index (χ2n) is 6.10. The van der Waals surface area contributed by atoms with Crippen molar-refractivity contribution >= 4 is 28.9 Å². The fraction of sp³-hybridized carbons (Fsp3) is 0.143. The molecule has 0 unspecified atom stereocenters. The number of ketones is 1. The fourth-order valence-corrected chi connectivity index (χ4v) is 2.74. The maximum atomic E-state index is 12.6. The third-order valence-electron chi connectivity index (χ3n) is 4.23. The Hall–Kier alpha value is -3.94. The molecule has 0 spiro atoms. The zero-order valence-electron chi connectivity index (χ0n) is 15.8. The van der Waals surface area contributed by atoms with Gasteiger partial charge >= 0.3 is 5.97 Å².